The molecular weight excluding hydrogens is 497 g/mol. The molecule has 0 amide bonds. The Hall–Kier alpha value is -1.16. The number of rotatable bonds is 13. The number of carbonyl (C=O) groups excluding carboxylic acids is 1. The highest BCUT2D eigenvalue weighted by Crippen LogP contribution is 2.51. The predicted molar refractivity (Wildman–Crippen MR) is 163 cm³/mol. The van der Waals surface area contributed by atoms with Crippen molar-refractivity contribution in [2.75, 3.05) is 0 Å². The first-order valence-corrected chi connectivity index (χ1v) is 23.7. The molecule has 1 atom stereocenters. The molecule has 0 aromatic heterocycles. The van der Waals surface area contributed by atoms with Gasteiger partial charge in [-0.3, -0.25) is 4.79 Å². The van der Waals surface area contributed by atoms with Gasteiger partial charge in [-0.2, -0.15) is 0 Å². The monoisotopic (exact) mass is 550 g/mol. The molecule has 0 aromatic carbocycles. The van der Waals surface area contributed by atoms with Crippen LogP contribution in [0.5, 0.6) is 0 Å². The lowest BCUT2D eigenvalue weighted by Gasteiger charge is -2.41. The molecule has 1 rings (SSSR count). The Morgan fingerprint density at radius 3 is 1.69 bits per heavy atom. The Bertz CT molecular complexity index is 927. The molecule has 0 aliphatic heterocycles. The predicted octanol–water partition coefficient (Wildman–Crippen LogP) is 9.13. The zero-order valence-corrected chi connectivity index (χ0v) is 29.0. The van der Waals surface area contributed by atoms with Gasteiger partial charge in [0.25, 0.3) is 0 Å². The van der Waals surface area contributed by atoms with E-state index in [9.17, 15) is 4.79 Å². The van der Waals surface area contributed by atoms with E-state index in [4.69, 9.17) is 13.3 Å². The van der Waals surface area contributed by atoms with E-state index < -0.39 is 30.6 Å². The normalized spacial score (nSPS) is 19.1. The van der Waals surface area contributed by atoms with Gasteiger partial charge in [0, 0.05) is 18.4 Å². The molecule has 0 heterocycles. The summed E-state index contributed by atoms with van der Waals surface area (Å²) in [5, 5.41) is 0. The first-order valence-electron chi connectivity index (χ1n) is 13.4. The van der Waals surface area contributed by atoms with Crippen molar-refractivity contribution in [1.29, 1.82) is 0 Å². The minimum Gasteiger partial charge on any atom is -0.544 e. The molecule has 0 saturated carbocycles. The molecule has 206 valence electrons. The largest absolute Gasteiger partial charge is 0.544 e. The van der Waals surface area contributed by atoms with Crippen molar-refractivity contribution in [3.63, 3.8) is 0 Å². The molecule has 7 heteroatoms. The highest BCUT2D eigenvalue weighted by molar-refractivity contribution is 6.71. The first-order chi connectivity index (χ1) is 16.1. The average molecular weight is 551 g/mol. The highest BCUT2D eigenvalue weighted by atomic mass is 28.4. The lowest BCUT2D eigenvalue weighted by atomic mass is 9.88. The third-order valence-corrected chi connectivity index (χ3v) is 7.86. The highest BCUT2D eigenvalue weighted by Gasteiger charge is 2.54. The van der Waals surface area contributed by atoms with Gasteiger partial charge < -0.3 is 13.3 Å². The van der Waals surface area contributed by atoms with E-state index in [2.05, 4.69) is 113 Å². The van der Waals surface area contributed by atoms with E-state index in [1.807, 2.05) is 0 Å². The van der Waals surface area contributed by atoms with Gasteiger partial charge in [0.15, 0.2) is 14.1 Å². The average Bonchev–Trinajstić information content (AvgIpc) is 2.82. The molecule has 0 spiro atoms. The van der Waals surface area contributed by atoms with Gasteiger partial charge >= 0.3 is 0 Å². The second kappa shape index (κ2) is 12.1. The van der Waals surface area contributed by atoms with Crippen LogP contribution in [0.2, 0.25) is 58.9 Å². The Kier molecular flexibility index (Phi) is 11.1. The summed E-state index contributed by atoms with van der Waals surface area (Å²) in [4.78, 5) is 14.0. The number of hydrogen-bond acceptors (Lipinski definition) is 4. The van der Waals surface area contributed by atoms with Crippen LogP contribution in [0.4, 0.5) is 0 Å². The molecule has 0 bridgehead atoms. The lowest BCUT2D eigenvalue weighted by Crippen LogP contribution is -2.47. The minimum atomic E-state index is -2.11. The second-order valence-electron chi connectivity index (χ2n) is 14.0. The van der Waals surface area contributed by atoms with Crippen molar-refractivity contribution in [1.82, 2.24) is 0 Å². The molecule has 4 nitrogen and oxygen atoms in total. The standard InChI is InChI=1S/C29H54O4Si3/c1-21(2)16-17-24-27(31-34(7,8)9)26(25(30)20-23(5)6)28(32-35(10,11)12)29(24,19-18-22(3)4)33-36(13,14)15/h16,18,23H,17,19-20H2,1-15H3. The van der Waals surface area contributed by atoms with E-state index in [1.165, 1.54) is 11.1 Å². The fourth-order valence-corrected chi connectivity index (χ4v) is 7.22. The van der Waals surface area contributed by atoms with Crippen LogP contribution in [-0.2, 0) is 18.1 Å². The first kappa shape index (κ1) is 32.9. The SMILES string of the molecule is CC(C)=CCC1=C(O[Si](C)(C)C)C(C(=O)CC(C)C)=C(O[Si](C)(C)C)C1(CC=C(C)C)O[Si](C)(C)C. The third-order valence-electron chi connectivity index (χ3n) is 5.26. The summed E-state index contributed by atoms with van der Waals surface area (Å²) in [6, 6.07) is 0. The molecule has 1 unspecified atom stereocenters. The number of hydrogen-bond donors (Lipinski definition) is 0. The third kappa shape index (κ3) is 9.95. The van der Waals surface area contributed by atoms with E-state index in [0.29, 0.717) is 30.6 Å². The maximum Gasteiger partial charge on any atom is 0.242 e. The van der Waals surface area contributed by atoms with Crippen molar-refractivity contribution in [3.05, 3.63) is 46.0 Å². The summed E-state index contributed by atoms with van der Waals surface area (Å²) in [6.07, 6.45) is 6.21. The smallest absolute Gasteiger partial charge is 0.242 e. The topological polar surface area (TPSA) is 44.8 Å². The van der Waals surface area contributed by atoms with Gasteiger partial charge in [0.2, 0.25) is 16.6 Å². The van der Waals surface area contributed by atoms with E-state index >= 15 is 0 Å². The maximum atomic E-state index is 14.0. The van der Waals surface area contributed by atoms with Crippen molar-refractivity contribution in [2.45, 2.75) is 125 Å². The van der Waals surface area contributed by atoms with Gasteiger partial charge in [-0.1, -0.05) is 37.1 Å². The van der Waals surface area contributed by atoms with Crippen LogP contribution in [-0.4, -0.2) is 36.3 Å². The molecule has 36 heavy (non-hydrogen) atoms. The van der Waals surface area contributed by atoms with Crippen molar-refractivity contribution in [2.24, 2.45) is 5.92 Å². The Balaban J connectivity index is 4.28. The zero-order valence-electron chi connectivity index (χ0n) is 26.0. The molecule has 0 fully saturated rings. The van der Waals surface area contributed by atoms with Crippen LogP contribution in [0.1, 0.15) is 60.8 Å². The van der Waals surface area contributed by atoms with Crippen LogP contribution >= 0.6 is 0 Å². The van der Waals surface area contributed by atoms with E-state index in [-0.39, 0.29) is 11.7 Å². The summed E-state index contributed by atoms with van der Waals surface area (Å²) in [7, 11) is -6.29. The van der Waals surface area contributed by atoms with Crippen LogP contribution in [0.3, 0.4) is 0 Å². The van der Waals surface area contributed by atoms with Crippen LogP contribution in [0, 0.1) is 5.92 Å². The number of ketones is 1. The summed E-state index contributed by atoms with van der Waals surface area (Å²) in [5.41, 5.74) is 3.29. The lowest BCUT2D eigenvalue weighted by molar-refractivity contribution is -0.116. The van der Waals surface area contributed by atoms with Crippen molar-refractivity contribution >= 4 is 30.7 Å². The van der Waals surface area contributed by atoms with Crippen LogP contribution < -0.4 is 0 Å². The Morgan fingerprint density at radius 2 is 1.31 bits per heavy atom. The molecule has 0 radical (unpaired) electrons. The fourth-order valence-electron chi connectivity index (χ4n) is 4.16. The summed E-state index contributed by atoms with van der Waals surface area (Å²) >= 11 is 0. The van der Waals surface area contributed by atoms with Gasteiger partial charge in [0.05, 0.1) is 5.57 Å². The zero-order chi connectivity index (χ0) is 28.3. The fraction of sp³-hybridized carbons (Fsp3) is 0.690. The van der Waals surface area contributed by atoms with Crippen molar-refractivity contribution < 1.29 is 18.1 Å². The second-order valence-corrected chi connectivity index (χ2v) is 27.3. The molecule has 1 aliphatic carbocycles. The number of carbonyl (C=O) groups is 1. The summed E-state index contributed by atoms with van der Waals surface area (Å²) in [5.74, 6) is 1.77. The van der Waals surface area contributed by atoms with Crippen molar-refractivity contribution in [3.8, 4) is 0 Å². The van der Waals surface area contributed by atoms with Gasteiger partial charge in [-0.25, -0.2) is 0 Å². The van der Waals surface area contributed by atoms with Gasteiger partial charge in [0.1, 0.15) is 17.1 Å². The molecule has 0 aromatic rings. The molecular formula is C29H54O4Si3. The Labute approximate surface area is 225 Å². The van der Waals surface area contributed by atoms with Crippen LogP contribution in [0.15, 0.2) is 46.0 Å². The van der Waals surface area contributed by atoms with Gasteiger partial charge in [-0.15, -0.1) is 0 Å². The number of Topliss-reactive ketones (excluding diaryl/α,β-unsaturated/α-hetero) is 1. The summed E-state index contributed by atoms with van der Waals surface area (Å²) in [6.45, 7) is 32.4. The van der Waals surface area contributed by atoms with Crippen LogP contribution in [0.25, 0.3) is 0 Å². The summed E-state index contributed by atoms with van der Waals surface area (Å²) < 4.78 is 21.0. The Morgan fingerprint density at radius 1 is 0.806 bits per heavy atom. The quantitative estimate of drug-likeness (QED) is 0.169. The molecule has 0 N–H and O–H groups in total. The van der Waals surface area contributed by atoms with E-state index in [1.54, 1.807) is 0 Å². The molecule has 1 aliphatic rings. The molecule has 0 saturated heterocycles. The van der Waals surface area contributed by atoms with E-state index in [0.717, 1.165) is 11.3 Å². The van der Waals surface area contributed by atoms with Gasteiger partial charge in [-0.05, 0) is 99.0 Å². The number of allylic oxidation sites excluding steroid dienone is 4. The minimum absolute atomic E-state index is 0.0967. The maximum absolute atomic E-state index is 14.0.